The zero-order valence-electron chi connectivity index (χ0n) is 6.21. The molecule has 0 aromatic carbocycles. The summed E-state index contributed by atoms with van der Waals surface area (Å²) in [7, 11) is 0. The number of hydrogen-bond donors (Lipinski definition) is 0. The second-order valence-electron chi connectivity index (χ2n) is 4.20. The maximum atomic E-state index is 4.69. The van der Waals surface area contributed by atoms with Crippen molar-refractivity contribution >= 4 is 5.71 Å². The minimum absolute atomic E-state index is 0.765. The monoisotopic (exact) mass is 135 g/mol. The number of rotatable bonds is 0. The van der Waals surface area contributed by atoms with Crippen molar-refractivity contribution in [2.24, 2.45) is 16.8 Å². The Morgan fingerprint density at radius 3 is 2.20 bits per heavy atom. The van der Waals surface area contributed by atoms with Gasteiger partial charge in [-0.3, -0.25) is 4.99 Å². The Labute approximate surface area is 61.5 Å². The maximum Gasteiger partial charge on any atom is 0.0504 e. The van der Waals surface area contributed by atoms with E-state index in [1.54, 1.807) is 5.71 Å². The van der Waals surface area contributed by atoms with E-state index in [4.69, 9.17) is 0 Å². The zero-order chi connectivity index (χ0) is 6.55. The number of hydrogen-bond acceptors (Lipinski definition) is 1. The third-order valence-corrected chi connectivity index (χ3v) is 3.29. The van der Waals surface area contributed by atoms with E-state index in [0.29, 0.717) is 0 Å². The molecule has 2 heterocycles. The lowest BCUT2D eigenvalue weighted by Gasteiger charge is -2.43. The summed E-state index contributed by atoms with van der Waals surface area (Å²) in [6.45, 7) is 0. The molecule has 0 N–H and O–H groups in total. The van der Waals surface area contributed by atoms with Crippen molar-refractivity contribution in [2.75, 3.05) is 0 Å². The van der Waals surface area contributed by atoms with Crippen molar-refractivity contribution in [1.82, 2.24) is 0 Å². The van der Waals surface area contributed by atoms with Gasteiger partial charge in [-0.15, -0.1) is 0 Å². The Morgan fingerprint density at radius 2 is 1.70 bits per heavy atom. The van der Waals surface area contributed by atoms with Gasteiger partial charge in [0.2, 0.25) is 0 Å². The summed E-state index contributed by atoms with van der Waals surface area (Å²) in [5.41, 5.74) is 1.56. The van der Waals surface area contributed by atoms with Gasteiger partial charge >= 0.3 is 0 Å². The molecule has 4 aliphatic rings. The van der Waals surface area contributed by atoms with Gasteiger partial charge in [-0.1, -0.05) is 0 Å². The summed E-state index contributed by atoms with van der Waals surface area (Å²) in [5.74, 6) is 2.09. The average Bonchev–Trinajstić information content (AvgIpc) is 1.82. The topological polar surface area (TPSA) is 12.4 Å². The van der Waals surface area contributed by atoms with Gasteiger partial charge in [0.25, 0.3) is 0 Å². The molecule has 4 bridgehead atoms. The predicted octanol–water partition coefficient (Wildman–Crippen LogP) is 2.02. The van der Waals surface area contributed by atoms with Gasteiger partial charge < -0.3 is 0 Å². The lowest BCUT2D eigenvalue weighted by molar-refractivity contribution is 0.209. The average molecular weight is 135 g/mol. The summed E-state index contributed by atoms with van der Waals surface area (Å²) >= 11 is 0. The first kappa shape index (κ1) is 5.34. The fourth-order valence-corrected chi connectivity index (χ4v) is 3.08. The normalized spacial score (nSPS) is 49.6. The lowest BCUT2D eigenvalue weighted by Crippen LogP contribution is -2.38. The van der Waals surface area contributed by atoms with Crippen LogP contribution in [0.3, 0.4) is 0 Å². The Bertz CT molecular complexity index is 179. The zero-order valence-corrected chi connectivity index (χ0v) is 6.21. The van der Waals surface area contributed by atoms with Gasteiger partial charge in [-0.25, -0.2) is 0 Å². The predicted molar refractivity (Wildman–Crippen MR) is 41.3 cm³/mol. The van der Waals surface area contributed by atoms with Gasteiger partial charge in [0.15, 0.2) is 0 Å². The molecule has 0 amide bonds. The molecule has 0 spiro atoms. The van der Waals surface area contributed by atoms with Crippen molar-refractivity contribution in [1.29, 1.82) is 0 Å². The molecule has 2 aliphatic carbocycles. The van der Waals surface area contributed by atoms with Gasteiger partial charge in [-0.2, -0.15) is 0 Å². The summed E-state index contributed by atoms with van der Waals surface area (Å²) in [5, 5.41) is 0. The van der Waals surface area contributed by atoms with E-state index >= 15 is 0 Å². The molecule has 0 radical (unpaired) electrons. The van der Waals surface area contributed by atoms with Crippen LogP contribution in [0.4, 0.5) is 0 Å². The summed E-state index contributed by atoms with van der Waals surface area (Å²) in [6, 6.07) is 0.765. The van der Waals surface area contributed by atoms with E-state index < -0.39 is 0 Å². The van der Waals surface area contributed by atoms with Crippen LogP contribution in [0.15, 0.2) is 4.99 Å². The van der Waals surface area contributed by atoms with E-state index in [-0.39, 0.29) is 0 Å². The van der Waals surface area contributed by atoms with Crippen LogP contribution in [0.1, 0.15) is 32.1 Å². The molecule has 0 aromatic heterocycles. The first-order valence-electron chi connectivity index (χ1n) is 4.45. The van der Waals surface area contributed by atoms with E-state index in [1.165, 1.54) is 32.1 Å². The third-order valence-electron chi connectivity index (χ3n) is 3.29. The third kappa shape index (κ3) is 0.609. The first-order valence-corrected chi connectivity index (χ1v) is 4.45. The van der Waals surface area contributed by atoms with Crippen LogP contribution in [-0.4, -0.2) is 11.8 Å². The Morgan fingerprint density at radius 1 is 1.00 bits per heavy atom. The molecule has 1 nitrogen and oxygen atoms in total. The highest BCUT2D eigenvalue weighted by Gasteiger charge is 2.38. The minimum atomic E-state index is 0.765. The number of aliphatic imine (C=N–C) groups is 1. The summed E-state index contributed by atoms with van der Waals surface area (Å²) in [4.78, 5) is 4.69. The van der Waals surface area contributed by atoms with Crippen LogP contribution in [0.5, 0.6) is 0 Å². The Hall–Kier alpha value is -0.330. The molecular formula is C9H13N. The van der Waals surface area contributed by atoms with Gasteiger partial charge in [0.1, 0.15) is 0 Å². The van der Waals surface area contributed by atoms with Crippen LogP contribution >= 0.6 is 0 Å². The van der Waals surface area contributed by atoms with Crippen LogP contribution in [0, 0.1) is 11.8 Å². The molecule has 2 saturated carbocycles. The largest absolute Gasteiger partial charge is 0.291 e. The molecule has 2 aliphatic heterocycles. The highest BCUT2D eigenvalue weighted by molar-refractivity contribution is 5.87. The molecular weight excluding hydrogens is 122 g/mol. The smallest absolute Gasteiger partial charge is 0.0504 e. The van der Waals surface area contributed by atoms with Gasteiger partial charge in [0.05, 0.1) is 6.04 Å². The Balaban J connectivity index is 2.04. The second kappa shape index (κ2) is 1.63. The molecule has 1 heteroatoms. The maximum absolute atomic E-state index is 4.69. The highest BCUT2D eigenvalue weighted by Crippen LogP contribution is 2.43. The van der Waals surface area contributed by atoms with Crippen molar-refractivity contribution in [3.05, 3.63) is 0 Å². The standard InChI is InChI=1S/C9H13N/c1-6-2-8-4-7(1)5-9(3-6)10-8/h6-8H,1-5H2. The van der Waals surface area contributed by atoms with Crippen molar-refractivity contribution < 1.29 is 0 Å². The summed E-state index contributed by atoms with van der Waals surface area (Å²) in [6.07, 6.45) is 7.07. The summed E-state index contributed by atoms with van der Waals surface area (Å²) < 4.78 is 0. The molecule has 10 heavy (non-hydrogen) atoms. The second-order valence-corrected chi connectivity index (χ2v) is 4.20. The lowest BCUT2D eigenvalue weighted by atomic mass is 9.67. The van der Waals surface area contributed by atoms with Crippen molar-refractivity contribution in [3.8, 4) is 0 Å². The van der Waals surface area contributed by atoms with Crippen LogP contribution < -0.4 is 0 Å². The Kier molecular flexibility index (Phi) is 0.872. The van der Waals surface area contributed by atoms with Crippen LogP contribution in [0.25, 0.3) is 0 Å². The fraction of sp³-hybridized carbons (Fsp3) is 0.889. The fourth-order valence-electron chi connectivity index (χ4n) is 3.08. The molecule has 2 unspecified atom stereocenters. The molecule has 4 rings (SSSR count). The molecule has 0 aromatic rings. The molecule has 0 saturated heterocycles. The van der Waals surface area contributed by atoms with E-state index in [1.807, 2.05) is 0 Å². The first-order chi connectivity index (χ1) is 4.90. The molecule has 54 valence electrons. The minimum Gasteiger partial charge on any atom is -0.291 e. The van der Waals surface area contributed by atoms with E-state index in [0.717, 1.165) is 17.9 Å². The molecule has 2 fully saturated rings. The number of nitrogens with zero attached hydrogens (tertiary/aromatic N) is 1. The quantitative estimate of drug-likeness (QED) is 0.482. The van der Waals surface area contributed by atoms with E-state index in [2.05, 4.69) is 4.99 Å². The van der Waals surface area contributed by atoms with Crippen LogP contribution in [-0.2, 0) is 0 Å². The SMILES string of the molecule is C1C2=NC3CC1CC(C2)C3. The van der Waals surface area contributed by atoms with Gasteiger partial charge in [0, 0.05) is 5.71 Å². The molecule has 2 atom stereocenters. The van der Waals surface area contributed by atoms with Crippen molar-refractivity contribution in [2.45, 2.75) is 38.1 Å². The van der Waals surface area contributed by atoms with Crippen LogP contribution in [0.2, 0.25) is 0 Å². The van der Waals surface area contributed by atoms with Gasteiger partial charge in [-0.05, 0) is 43.9 Å². The van der Waals surface area contributed by atoms with E-state index in [9.17, 15) is 0 Å². The highest BCUT2D eigenvalue weighted by atomic mass is 14.8. The van der Waals surface area contributed by atoms with Crippen molar-refractivity contribution in [3.63, 3.8) is 0 Å².